The molecule has 25 heavy (non-hydrogen) atoms. The number of carbonyl (C=O) groups excluding carboxylic acids is 1. The molecule has 0 fully saturated rings. The smallest absolute Gasteiger partial charge is 0.250 e. The van der Waals surface area contributed by atoms with Gasteiger partial charge in [-0.25, -0.2) is 4.98 Å². The molecule has 0 radical (unpaired) electrons. The Morgan fingerprint density at radius 1 is 1.36 bits per heavy atom. The number of carbonyl (C=O) groups is 1. The first-order valence-corrected chi connectivity index (χ1v) is 7.63. The number of hydrogen-bond acceptors (Lipinski definition) is 7. The Morgan fingerprint density at radius 3 is 2.72 bits per heavy atom. The van der Waals surface area contributed by atoms with E-state index < -0.39 is 5.91 Å². The minimum atomic E-state index is -0.584. The molecule has 128 valence electrons. The number of nitrogens with two attached hydrogens (primary N) is 1. The van der Waals surface area contributed by atoms with Crippen LogP contribution in [0.2, 0.25) is 5.02 Å². The maximum absolute atomic E-state index is 11.1. The molecule has 0 bridgehead atoms. The molecular formula is C16H14ClN5O3. The Bertz CT molecular complexity index is 895. The second-order valence-corrected chi connectivity index (χ2v) is 5.49. The van der Waals surface area contributed by atoms with Crippen molar-refractivity contribution in [1.29, 1.82) is 0 Å². The van der Waals surface area contributed by atoms with Crippen LogP contribution in [0.1, 0.15) is 22.1 Å². The van der Waals surface area contributed by atoms with Crippen molar-refractivity contribution in [2.75, 3.05) is 5.32 Å². The molecule has 0 unspecified atom stereocenters. The maximum atomic E-state index is 11.1. The average Bonchev–Trinajstić information content (AvgIpc) is 3.01. The van der Waals surface area contributed by atoms with Gasteiger partial charge in [0.05, 0.1) is 10.6 Å². The monoisotopic (exact) mass is 359 g/mol. The minimum Gasteiger partial charge on any atom is -0.485 e. The highest BCUT2D eigenvalue weighted by molar-refractivity contribution is 6.33. The third-order valence-corrected chi connectivity index (χ3v) is 3.47. The Kier molecular flexibility index (Phi) is 4.80. The Balaban J connectivity index is 1.63. The fourth-order valence-electron chi connectivity index (χ4n) is 1.98. The van der Waals surface area contributed by atoms with E-state index in [-0.39, 0.29) is 12.2 Å². The van der Waals surface area contributed by atoms with Crippen molar-refractivity contribution in [3.05, 3.63) is 58.8 Å². The van der Waals surface area contributed by atoms with Crippen LogP contribution in [0.15, 0.2) is 41.1 Å². The van der Waals surface area contributed by atoms with Gasteiger partial charge in [-0.15, -0.1) is 0 Å². The molecule has 0 saturated carbocycles. The average molecular weight is 360 g/mol. The summed E-state index contributed by atoms with van der Waals surface area (Å²) in [6.45, 7) is 1.93. The molecule has 8 nitrogen and oxygen atoms in total. The number of benzene rings is 1. The summed E-state index contributed by atoms with van der Waals surface area (Å²) in [5.41, 5.74) is 6.19. The Morgan fingerprint density at radius 2 is 2.12 bits per heavy atom. The van der Waals surface area contributed by atoms with Gasteiger partial charge in [-0.3, -0.25) is 4.79 Å². The van der Waals surface area contributed by atoms with Gasteiger partial charge in [0.2, 0.25) is 17.6 Å². The van der Waals surface area contributed by atoms with Crippen molar-refractivity contribution >= 4 is 29.0 Å². The van der Waals surface area contributed by atoms with Crippen LogP contribution >= 0.6 is 11.6 Å². The van der Waals surface area contributed by atoms with Crippen LogP contribution < -0.4 is 15.8 Å². The van der Waals surface area contributed by atoms with Crippen molar-refractivity contribution < 1.29 is 14.1 Å². The van der Waals surface area contributed by atoms with E-state index in [2.05, 4.69) is 20.4 Å². The number of primary amides is 1. The highest BCUT2D eigenvalue weighted by Crippen LogP contribution is 2.25. The molecule has 1 aromatic carbocycles. The molecule has 0 aliphatic heterocycles. The lowest BCUT2D eigenvalue weighted by Gasteiger charge is -2.09. The number of aromatic nitrogens is 3. The molecule has 0 saturated heterocycles. The van der Waals surface area contributed by atoms with Gasteiger partial charge in [0.15, 0.2) is 6.61 Å². The Hall–Kier alpha value is -3.13. The zero-order valence-corrected chi connectivity index (χ0v) is 13.9. The SMILES string of the molecule is Cc1nc(COc2ccc(Nc3ncc(C(N)=O)cc3Cl)cc2)no1. The standard InChI is InChI=1S/C16H14ClN5O3/c1-9-20-14(22-25-9)8-24-12-4-2-11(3-5-12)21-16-13(17)6-10(7-19-16)15(18)23/h2-7H,8H2,1H3,(H2,18,23)(H,19,21). The largest absolute Gasteiger partial charge is 0.485 e. The number of aryl methyl sites for hydroxylation is 1. The number of hydrogen-bond donors (Lipinski definition) is 2. The molecule has 3 N–H and O–H groups in total. The van der Waals surface area contributed by atoms with E-state index in [0.29, 0.717) is 28.3 Å². The first kappa shape index (κ1) is 16.7. The summed E-state index contributed by atoms with van der Waals surface area (Å²) in [4.78, 5) is 19.3. The van der Waals surface area contributed by atoms with Crippen LogP contribution in [0.4, 0.5) is 11.5 Å². The van der Waals surface area contributed by atoms with E-state index in [1.807, 2.05) is 0 Å². The third kappa shape index (κ3) is 4.24. The van der Waals surface area contributed by atoms with E-state index in [9.17, 15) is 4.79 Å². The summed E-state index contributed by atoms with van der Waals surface area (Å²) in [6.07, 6.45) is 1.36. The fourth-order valence-corrected chi connectivity index (χ4v) is 2.20. The van der Waals surface area contributed by atoms with E-state index in [0.717, 1.165) is 5.69 Å². The van der Waals surface area contributed by atoms with Gasteiger partial charge in [-0.05, 0) is 30.3 Å². The number of nitrogens with one attached hydrogen (secondary N) is 1. The predicted molar refractivity (Wildman–Crippen MR) is 90.9 cm³/mol. The van der Waals surface area contributed by atoms with Crippen LogP contribution in [0.25, 0.3) is 0 Å². The van der Waals surface area contributed by atoms with E-state index >= 15 is 0 Å². The fraction of sp³-hybridized carbons (Fsp3) is 0.125. The molecular weight excluding hydrogens is 346 g/mol. The lowest BCUT2D eigenvalue weighted by molar-refractivity contribution is 0.1000. The van der Waals surface area contributed by atoms with Gasteiger partial charge in [0.25, 0.3) is 0 Å². The molecule has 9 heteroatoms. The molecule has 0 atom stereocenters. The minimum absolute atomic E-state index is 0.214. The lowest BCUT2D eigenvalue weighted by atomic mass is 10.2. The van der Waals surface area contributed by atoms with Crippen LogP contribution in [0.5, 0.6) is 5.75 Å². The summed E-state index contributed by atoms with van der Waals surface area (Å²) in [7, 11) is 0. The van der Waals surface area contributed by atoms with Crippen molar-refractivity contribution in [2.24, 2.45) is 5.73 Å². The zero-order chi connectivity index (χ0) is 17.8. The highest BCUT2D eigenvalue weighted by atomic mass is 35.5. The maximum Gasteiger partial charge on any atom is 0.250 e. The van der Waals surface area contributed by atoms with Crippen molar-refractivity contribution in [2.45, 2.75) is 13.5 Å². The summed E-state index contributed by atoms with van der Waals surface area (Å²) in [5.74, 6) is 1.45. The quantitative estimate of drug-likeness (QED) is 0.695. The number of amides is 1. The van der Waals surface area contributed by atoms with Crippen molar-refractivity contribution in [3.8, 4) is 5.75 Å². The normalized spacial score (nSPS) is 10.5. The molecule has 2 aromatic heterocycles. The third-order valence-electron chi connectivity index (χ3n) is 3.18. The van der Waals surface area contributed by atoms with Gasteiger partial charge in [-0.2, -0.15) is 4.98 Å². The molecule has 0 aliphatic rings. The van der Waals surface area contributed by atoms with Gasteiger partial charge in [-0.1, -0.05) is 16.8 Å². The number of nitrogens with zero attached hydrogens (tertiary/aromatic N) is 3. The van der Waals surface area contributed by atoms with Crippen LogP contribution in [-0.4, -0.2) is 21.0 Å². The predicted octanol–water partition coefficient (Wildman–Crippen LogP) is 2.85. The summed E-state index contributed by atoms with van der Waals surface area (Å²) >= 11 is 6.09. The second-order valence-electron chi connectivity index (χ2n) is 5.09. The summed E-state index contributed by atoms with van der Waals surface area (Å²) < 4.78 is 10.4. The van der Waals surface area contributed by atoms with Crippen LogP contribution in [-0.2, 0) is 6.61 Å². The van der Waals surface area contributed by atoms with E-state index in [1.165, 1.54) is 12.3 Å². The molecule has 1 amide bonds. The Labute approximate surface area is 148 Å². The summed E-state index contributed by atoms with van der Waals surface area (Å²) in [5, 5.41) is 7.10. The molecule has 3 aromatic rings. The van der Waals surface area contributed by atoms with Gasteiger partial charge in [0, 0.05) is 18.8 Å². The number of ether oxygens (including phenoxy) is 1. The number of halogens is 1. The summed E-state index contributed by atoms with van der Waals surface area (Å²) in [6, 6.07) is 8.62. The lowest BCUT2D eigenvalue weighted by Crippen LogP contribution is -2.11. The number of rotatable bonds is 6. The molecule has 2 heterocycles. The molecule has 3 rings (SSSR count). The van der Waals surface area contributed by atoms with Gasteiger partial charge in [0.1, 0.15) is 11.6 Å². The van der Waals surface area contributed by atoms with Gasteiger partial charge < -0.3 is 20.3 Å². The molecule has 0 spiro atoms. The first-order valence-electron chi connectivity index (χ1n) is 7.25. The van der Waals surface area contributed by atoms with Crippen LogP contribution in [0.3, 0.4) is 0 Å². The van der Waals surface area contributed by atoms with Gasteiger partial charge >= 0.3 is 0 Å². The number of anilines is 2. The van der Waals surface area contributed by atoms with Crippen molar-refractivity contribution in [3.63, 3.8) is 0 Å². The molecule has 0 aliphatic carbocycles. The van der Waals surface area contributed by atoms with E-state index in [4.69, 9.17) is 26.6 Å². The zero-order valence-electron chi connectivity index (χ0n) is 13.2. The topological polar surface area (TPSA) is 116 Å². The number of pyridine rings is 1. The second kappa shape index (κ2) is 7.18. The highest BCUT2D eigenvalue weighted by Gasteiger charge is 2.08. The first-order chi connectivity index (χ1) is 12.0. The van der Waals surface area contributed by atoms with E-state index in [1.54, 1.807) is 31.2 Å². The van der Waals surface area contributed by atoms with Crippen LogP contribution in [0, 0.1) is 6.92 Å². The van der Waals surface area contributed by atoms with Crippen molar-refractivity contribution in [1.82, 2.24) is 15.1 Å².